The zero-order valence-corrected chi connectivity index (χ0v) is 14.7. The van der Waals surface area contributed by atoms with Crippen LogP contribution < -0.4 is 10.1 Å². The number of carboxylic acid groups (broad SMARTS) is 1. The van der Waals surface area contributed by atoms with Crippen molar-refractivity contribution in [2.75, 3.05) is 5.32 Å². The number of anilines is 1. The van der Waals surface area contributed by atoms with Crippen LogP contribution >= 0.6 is 11.3 Å². The van der Waals surface area contributed by atoms with Gasteiger partial charge in [0.05, 0.1) is 0 Å². The first-order valence-electron chi connectivity index (χ1n) is 7.80. The number of aromatic nitrogens is 1. The molecule has 6 nitrogen and oxygen atoms in total. The van der Waals surface area contributed by atoms with Crippen molar-refractivity contribution in [3.63, 3.8) is 0 Å². The van der Waals surface area contributed by atoms with Gasteiger partial charge in [-0.3, -0.25) is 4.79 Å². The summed E-state index contributed by atoms with van der Waals surface area (Å²) in [6, 6.07) is 15.1. The van der Waals surface area contributed by atoms with Gasteiger partial charge in [0.25, 0.3) is 0 Å². The zero-order chi connectivity index (χ0) is 18.5. The Balaban J connectivity index is 1.66. The smallest absolute Gasteiger partial charge is 0.355 e. The second-order valence-corrected chi connectivity index (χ2v) is 6.45. The average Bonchev–Trinajstić information content (AvgIpc) is 3.09. The summed E-state index contributed by atoms with van der Waals surface area (Å²) in [5, 5.41) is 13.7. The van der Waals surface area contributed by atoms with Crippen LogP contribution in [-0.4, -0.2) is 22.0 Å². The molecule has 0 aliphatic rings. The fourth-order valence-electron chi connectivity index (χ4n) is 2.34. The molecular formula is C19H16N2O4S. The van der Waals surface area contributed by atoms with Crippen LogP contribution in [0.15, 0.2) is 53.9 Å². The number of aromatic carboxylic acids is 1. The maximum absolute atomic E-state index is 11.2. The van der Waals surface area contributed by atoms with Crippen molar-refractivity contribution >= 4 is 28.9 Å². The lowest BCUT2D eigenvalue weighted by Gasteiger charge is -2.08. The standard InChI is InChI=1S/C19H16N2O4S/c1-12(22)20-15-4-2-3-14(9-15)13-5-7-16(8-6-13)25-10-18-21-17(11-26-18)19(23)24/h2-9,11H,10H2,1H3,(H,20,22)(H,23,24). The molecule has 0 radical (unpaired) electrons. The number of nitrogens with zero attached hydrogens (tertiary/aromatic N) is 1. The van der Waals surface area contributed by atoms with Gasteiger partial charge >= 0.3 is 5.97 Å². The highest BCUT2D eigenvalue weighted by Crippen LogP contribution is 2.25. The Morgan fingerprint density at radius 3 is 2.58 bits per heavy atom. The first kappa shape index (κ1) is 17.6. The summed E-state index contributed by atoms with van der Waals surface area (Å²) < 4.78 is 5.65. The molecular weight excluding hydrogens is 352 g/mol. The van der Waals surface area contributed by atoms with Crippen LogP contribution in [0.5, 0.6) is 5.75 Å². The Morgan fingerprint density at radius 2 is 1.92 bits per heavy atom. The Labute approximate surface area is 154 Å². The number of rotatable bonds is 6. The molecule has 2 aromatic carbocycles. The molecule has 7 heteroatoms. The molecule has 0 aliphatic carbocycles. The Bertz CT molecular complexity index is 935. The van der Waals surface area contributed by atoms with Gasteiger partial charge in [0.1, 0.15) is 17.4 Å². The van der Waals surface area contributed by atoms with Gasteiger partial charge in [0, 0.05) is 18.0 Å². The van der Waals surface area contributed by atoms with Crippen LogP contribution in [0, 0.1) is 0 Å². The van der Waals surface area contributed by atoms with Gasteiger partial charge in [-0.05, 0) is 35.4 Å². The maximum Gasteiger partial charge on any atom is 0.355 e. The largest absolute Gasteiger partial charge is 0.486 e. The Morgan fingerprint density at radius 1 is 1.15 bits per heavy atom. The molecule has 0 unspecified atom stereocenters. The first-order valence-corrected chi connectivity index (χ1v) is 8.68. The molecule has 0 aliphatic heterocycles. The summed E-state index contributed by atoms with van der Waals surface area (Å²) in [6.45, 7) is 1.69. The van der Waals surface area contributed by atoms with Crippen LogP contribution in [-0.2, 0) is 11.4 Å². The minimum absolute atomic E-state index is 0.0306. The molecule has 1 amide bonds. The van der Waals surface area contributed by atoms with E-state index in [9.17, 15) is 9.59 Å². The third kappa shape index (κ3) is 4.46. The number of thiazole rings is 1. The molecule has 132 valence electrons. The number of benzene rings is 2. The second kappa shape index (κ2) is 7.79. The van der Waals surface area contributed by atoms with Crippen molar-refractivity contribution in [1.82, 2.24) is 4.98 Å². The van der Waals surface area contributed by atoms with Crippen LogP contribution in [0.25, 0.3) is 11.1 Å². The van der Waals surface area contributed by atoms with E-state index in [4.69, 9.17) is 9.84 Å². The SMILES string of the molecule is CC(=O)Nc1cccc(-c2ccc(OCc3nc(C(=O)O)cs3)cc2)c1. The number of hydrogen-bond acceptors (Lipinski definition) is 5. The normalized spacial score (nSPS) is 10.3. The van der Waals surface area contributed by atoms with Crippen LogP contribution in [0.4, 0.5) is 5.69 Å². The van der Waals surface area contributed by atoms with Crippen LogP contribution in [0.1, 0.15) is 22.4 Å². The minimum atomic E-state index is -1.04. The molecule has 3 rings (SSSR count). The number of carbonyl (C=O) groups excluding carboxylic acids is 1. The fraction of sp³-hybridized carbons (Fsp3) is 0.105. The maximum atomic E-state index is 11.2. The Hall–Kier alpha value is -3.19. The van der Waals surface area contributed by atoms with Crippen molar-refractivity contribution in [1.29, 1.82) is 0 Å². The van der Waals surface area contributed by atoms with Crippen LogP contribution in [0.3, 0.4) is 0 Å². The predicted octanol–water partition coefficient (Wildman–Crippen LogP) is 4.05. The van der Waals surface area contributed by atoms with E-state index in [1.54, 1.807) is 0 Å². The summed E-state index contributed by atoms with van der Waals surface area (Å²) >= 11 is 1.25. The molecule has 3 aromatic rings. The number of ether oxygens (including phenoxy) is 1. The van der Waals surface area contributed by atoms with Crippen LogP contribution in [0.2, 0.25) is 0 Å². The third-order valence-electron chi connectivity index (χ3n) is 3.50. The highest BCUT2D eigenvalue weighted by molar-refractivity contribution is 7.09. The number of nitrogens with one attached hydrogen (secondary N) is 1. The summed E-state index contributed by atoms with van der Waals surface area (Å²) in [7, 11) is 0. The highest BCUT2D eigenvalue weighted by Gasteiger charge is 2.09. The second-order valence-electron chi connectivity index (χ2n) is 5.51. The quantitative estimate of drug-likeness (QED) is 0.685. The van der Waals surface area contributed by atoms with E-state index in [1.807, 2.05) is 48.5 Å². The van der Waals surface area contributed by atoms with Gasteiger partial charge in [-0.2, -0.15) is 0 Å². The molecule has 2 N–H and O–H groups in total. The number of carboxylic acids is 1. The number of amides is 1. The van der Waals surface area contributed by atoms with Gasteiger partial charge in [-0.25, -0.2) is 9.78 Å². The highest BCUT2D eigenvalue weighted by atomic mass is 32.1. The van der Waals surface area contributed by atoms with E-state index >= 15 is 0 Å². The van der Waals surface area contributed by atoms with Crippen molar-refractivity contribution in [3.05, 3.63) is 64.6 Å². The Kier molecular flexibility index (Phi) is 5.28. The lowest BCUT2D eigenvalue weighted by molar-refractivity contribution is -0.114. The number of hydrogen-bond donors (Lipinski definition) is 2. The lowest BCUT2D eigenvalue weighted by Crippen LogP contribution is -2.05. The van der Waals surface area contributed by atoms with Crippen molar-refractivity contribution < 1.29 is 19.4 Å². The fourth-order valence-corrected chi connectivity index (χ4v) is 3.02. The van der Waals surface area contributed by atoms with E-state index in [-0.39, 0.29) is 18.2 Å². The predicted molar refractivity (Wildman–Crippen MR) is 99.6 cm³/mol. The lowest BCUT2D eigenvalue weighted by atomic mass is 10.1. The monoisotopic (exact) mass is 368 g/mol. The summed E-state index contributed by atoms with van der Waals surface area (Å²) in [5.74, 6) is -0.490. The van der Waals surface area contributed by atoms with E-state index in [0.29, 0.717) is 10.8 Å². The summed E-state index contributed by atoms with van der Waals surface area (Å²) in [5.41, 5.74) is 2.75. The molecule has 0 spiro atoms. The number of carbonyl (C=O) groups is 2. The van der Waals surface area contributed by atoms with Gasteiger partial charge in [0.15, 0.2) is 5.69 Å². The molecule has 1 aromatic heterocycles. The van der Waals surface area contributed by atoms with Crippen molar-refractivity contribution in [3.8, 4) is 16.9 Å². The summed E-state index contributed by atoms with van der Waals surface area (Å²) in [6.07, 6.45) is 0. The van der Waals surface area contributed by atoms with E-state index < -0.39 is 5.97 Å². The third-order valence-corrected chi connectivity index (χ3v) is 4.33. The van der Waals surface area contributed by atoms with Gasteiger partial charge in [-0.1, -0.05) is 24.3 Å². The molecule has 0 saturated carbocycles. The first-order chi connectivity index (χ1) is 12.5. The van der Waals surface area contributed by atoms with E-state index in [2.05, 4.69) is 10.3 Å². The molecule has 0 saturated heterocycles. The van der Waals surface area contributed by atoms with Crippen molar-refractivity contribution in [2.24, 2.45) is 0 Å². The average molecular weight is 368 g/mol. The van der Waals surface area contributed by atoms with Crippen molar-refractivity contribution in [2.45, 2.75) is 13.5 Å². The molecule has 1 heterocycles. The summed E-state index contributed by atoms with van der Waals surface area (Å²) in [4.78, 5) is 26.0. The van der Waals surface area contributed by atoms with Gasteiger partial charge in [0.2, 0.25) is 5.91 Å². The van der Waals surface area contributed by atoms with E-state index in [1.165, 1.54) is 23.6 Å². The molecule has 0 bridgehead atoms. The topological polar surface area (TPSA) is 88.5 Å². The van der Waals surface area contributed by atoms with Gasteiger partial charge in [-0.15, -0.1) is 11.3 Å². The molecule has 0 fully saturated rings. The molecule has 0 atom stereocenters. The molecule has 26 heavy (non-hydrogen) atoms. The minimum Gasteiger partial charge on any atom is -0.486 e. The van der Waals surface area contributed by atoms with E-state index in [0.717, 1.165) is 16.8 Å². The zero-order valence-electron chi connectivity index (χ0n) is 13.9. The van der Waals surface area contributed by atoms with Gasteiger partial charge < -0.3 is 15.2 Å².